The smallest absolute Gasteiger partial charge is 0.261 e. The van der Waals surface area contributed by atoms with Crippen molar-refractivity contribution in [2.45, 2.75) is 52.2 Å². The first kappa shape index (κ1) is 27.6. The number of hydrogen-bond acceptors (Lipinski definition) is 3. The predicted molar refractivity (Wildman–Crippen MR) is 146 cm³/mol. The van der Waals surface area contributed by atoms with Gasteiger partial charge in [-0.25, -0.2) is 0 Å². The maximum Gasteiger partial charge on any atom is 0.261 e. The number of nitrogens with zero attached hydrogens (tertiary/aromatic N) is 1. The minimum absolute atomic E-state index is 0.169. The lowest BCUT2D eigenvalue weighted by atomic mass is 10.0. The summed E-state index contributed by atoms with van der Waals surface area (Å²) in [5, 5.41) is 3.85. The molecule has 0 saturated heterocycles. The zero-order chi connectivity index (χ0) is 26.3. The normalized spacial score (nSPS) is 12.1. The minimum Gasteiger partial charge on any atom is -0.484 e. The van der Waals surface area contributed by atoms with Crippen LogP contribution in [-0.4, -0.2) is 34.9 Å². The lowest BCUT2D eigenvalue weighted by Crippen LogP contribution is -2.55. The molecule has 0 heterocycles. The molecule has 0 aliphatic rings. The monoisotopic (exact) mass is 526 g/mol. The van der Waals surface area contributed by atoms with E-state index in [2.05, 4.69) is 5.32 Å². The summed E-state index contributed by atoms with van der Waals surface area (Å²) < 4.78 is 5.82. The maximum absolute atomic E-state index is 13.6. The molecular formula is C29H32Cl2N2O3. The van der Waals surface area contributed by atoms with Gasteiger partial charge in [0.2, 0.25) is 5.91 Å². The summed E-state index contributed by atoms with van der Waals surface area (Å²) in [7, 11) is 0. The van der Waals surface area contributed by atoms with Gasteiger partial charge in [0, 0.05) is 18.5 Å². The molecule has 3 aromatic rings. The molecule has 7 heteroatoms. The Kier molecular flexibility index (Phi) is 9.41. The Labute approximate surface area is 223 Å². The maximum atomic E-state index is 13.6. The van der Waals surface area contributed by atoms with Gasteiger partial charge in [-0.2, -0.15) is 0 Å². The minimum atomic E-state index is -0.769. The fourth-order valence-electron chi connectivity index (χ4n) is 3.77. The second kappa shape index (κ2) is 12.3. The molecule has 0 aliphatic carbocycles. The van der Waals surface area contributed by atoms with Crippen molar-refractivity contribution in [3.8, 4) is 5.75 Å². The molecule has 3 aromatic carbocycles. The second-order valence-corrected chi connectivity index (χ2v) is 10.6. The molecule has 190 valence electrons. The summed E-state index contributed by atoms with van der Waals surface area (Å²) in [4.78, 5) is 28.7. The van der Waals surface area contributed by atoms with E-state index in [-0.39, 0.29) is 25.0 Å². The van der Waals surface area contributed by atoms with E-state index < -0.39 is 11.6 Å². The van der Waals surface area contributed by atoms with Crippen LogP contribution in [0, 0.1) is 6.92 Å². The molecule has 3 rings (SSSR count). The molecule has 0 radical (unpaired) electrons. The summed E-state index contributed by atoms with van der Waals surface area (Å²) in [6, 6.07) is 21.6. The topological polar surface area (TPSA) is 58.6 Å². The second-order valence-electron chi connectivity index (χ2n) is 9.82. The van der Waals surface area contributed by atoms with E-state index in [1.54, 1.807) is 29.2 Å². The third kappa shape index (κ3) is 8.28. The number of carbonyl (C=O) groups excluding carboxylic acids is 2. The van der Waals surface area contributed by atoms with Crippen LogP contribution in [-0.2, 0) is 22.6 Å². The third-order valence-electron chi connectivity index (χ3n) is 5.46. The lowest BCUT2D eigenvalue weighted by Gasteiger charge is -2.33. The first-order valence-corrected chi connectivity index (χ1v) is 12.6. The van der Waals surface area contributed by atoms with Crippen molar-refractivity contribution in [3.63, 3.8) is 0 Å². The Hall–Kier alpha value is -3.02. The highest BCUT2D eigenvalue weighted by Crippen LogP contribution is 2.24. The van der Waals surface area contributed by atoms with Crippen molar-refractivity contribution in [3.05, 3.63) is 99.5 Å². The third-order valence-corrected chi connectivity index (χ3v) is 6.20. The van der Waals surface area contributed by atoms with Gasteiger partial charge in [-0.15, -0.1) is 0 Å². The van der Waals surface area contributed by atoms with Crippen molar-refractivity contribution in [1.82, 2.24) is 10.2 Å². The molecule has 0 aromatic heterocycles. The van der Waals surface area contributed by atoms with Gasteiger partial charge < -0.3 is 15.0 Å². The molecule has 1 N–H and O–H groups in total. The SMILES string of the molecule is Cc1cccc(OCC(=O)N(Cc2ccc(Cl)c(Cl)c2)[C@H](Cc2ccccc2)C(=O)NC(C)(C)C)c1. The lowest BCUT2D eigenvalue weighted by molar-refractivity contribution is -0.143. The van der Waals surface area contributed by atoms with Crippen molar-refractivity contribution in [2.75, 3.05) is 6.61 Å². The van der Waals surface area contributed by atoms with E-state index in [9.17, 15) is 9.59 Å². The van der Waals surface area contributed by atoms with Crippen LogP contribution in [0.15, 0.2) is 72.8 Å². The number of carbonyl (C=O) groups is 2. The van der Waals surface area contributed by atoms with Crippen molar-refractivity contribution in [1.29, 1.82) is 0 Å². The first-order chi connectivity index (χ1) is 17.0. The van der Waals surface area contributed by atoms with E-state index in [4.69, 9.17) is 27.9 Å². The van der Waals surface area contributed by atoms with Crippen LogP contribution >= 0.6 is 23.2 Å². The largest absolute Gasteiger partial charge is 0.484 e. The molecule has 0 fully saturated rings. The Balaban J connectivity index is 1.95. The Morgan fingerprint density at radius 1 is 0.917 bits per heavy atom. The highest BCUT2D eigenvalue weighted by atomic mass is 35.5. The Morgan fingerprint density at radius 2 is 1.64 bits per heavy atom. The molecule has 2 amide bonds. The van der Waals surface area contributed by atoms with E-state index in [0.29, 0.717) is 22.2 Å². The van der Waals surface area contributed by atoms with Gasteiger partial charge in [0.25, 0.3) is 5.91 Å². The van der Waals surface area contributed by atoms with Gasteiger partial charge in [-0.1, -0.05) is 71.7 Å². The fourth-order valence-corrected chi connectivity index (χ4v) is 4.10. The summed E-state index contributed by atoms with van der Waals surface area (Å²) in [5.41, 5.74) is 2.26. The average Bonchev–Trinajstić information content (AvgIpc) is 2.81. The fraction of sp³-hybridized carbons (Fsp3) is 0.310. The number of rotatable bonds is 9. The zero-order valence-corrected chi connectivity index (χ0v) is 22.6. The van der Waals surface area contributed by atoms with Crippen LogP contribution in [0.25, 0.3) is 0 Å². The average molecular weight is 527 g/mol. The van der Waals surface area contributed by atoms with Crippen molar-refractivity contribution >= 4 is 35.0 Å². The molecule has 0 aliphatic heterocycles. The molecule has 0 bridgehead atoms. The molecule has 0 spiro atoms. The van der Waals surface area contributed by atoms with Crippen LogP contribution in [0.3, 0.4) is 0 Å². The Morgan fingerprint density at radius 3 is 2.28 bits per heavy atom. The number of halogens is 2. The molecule has 5 nitrogen and oxygen atoms in total. The molecule has 36 heavy (non-hydrogen) atoms. The number of amides is 2. The van der Waals surface area contributed by atoms with Crippen LogP contribution < -0.4 is 10.1 Å². The van der Waals surface area contributed by atoms with Crippen LogP contribution in [0.1, 0.15) is 37.5 Å². The number of ether oxygens (including phenoxy) is 1. The van der Waals surface area contributed by atoms with E-state index >= 15 is 0 Å². The zero-order valence-electron chi connectivity index (χ0n) is 21.1. The number of aryl methyl sites for hydroxylation is 1. The summed E-state index contributed by atoms with van der Waals surface area (Å²) in [6.45, 7) is 7.65. The highest BCUT2D eigenvalue weighted by molar-refractivity contribution is 6.42. The van der Waals surface area contributed by atoms with E-state index in [1.807, 2.05) is 76.2 Å². The van der Waals surface area contributed by atoms with Crippen LogP contribution in [0.5, 0.6) is 5.75 Å². The summed E-state index contributed by atoms with van der Waals surface area (Å²) in [5.74, 6) is 0.0412. The molecule has 0 unspecified atom stereocenters. The Bertz CT molecular complexity index is 1190. The van der Waals surface area contributed by atoms with Gasteiger partial charge in [0.05, 0.1) is 10.0 Å². The quantitative estimate of drug-likeness (QED) is 0.359. The summed E-state index contributed by atoms with van der Waals surface area (Å²) in [6.07, 6.45) is 0.347. The van der Waals surface area contributed by atoms with Gasteiger partial charge in [-0.05, 0) is 68.7 Å². The van der Waals surface area contributed by atoms with Crippen LogP contribution in [0.4, 0.5) is 0 Å². The van der Waals surface area contributed by atoms with Crippen molar-refractivity contribution < 1.29 is 14.3 Å². The summed E-state index contributed by atoms with van der Waals surface area (Å²) >= 11 is 12.4. The number of nitrogens with one attached hydrogen (secondary N) is 1. The van der Waals surface area contributed by atoms with E-state index in [0.717, 1.165) is 16.7 Å². The first-order valence-electron chi connectivity index (χ1n) is 11.8. The molecular weight excluding hydrogens is 495 g/mol. The number of hydrogen-bond donors (Lipinski definition) is 1. The molecule has 1 atom stereocenters. The highest BCUT2D eigenvalue weighted by Gasteiger charge is 2.32. The van der Waals surface area contributed by atoms with Gasteiger partial charge in [0.1, 0.15) is 11.8 Å². The van der Waals surface area contributed by atoms with E-state index in [1.165, 1.54) is 0 Å². The van der Waals surface area contributed by atoms with Gasteiger partial charge >= 0.3 is 0 Å². The predicted octanol–water partition coefficient (Wildman–Crippen LogP) is 6.24. The standard InChI is InChI=1S/C29H32Cl2N2O3/c1-20-9-8-12-23(15-20)36-19-27(34)33(18-22-13-14-24(30)25(31)16-22)26(28(35)32-29(2,3)4)17-21-10-6-5-7-11-21/h5-16,26H,17-19H2,1-4H3,(H,32,35)/t26-/m1/s1. The van der Waals surface area contributed by atoms with Crippen LogP contribution in [0.2, 0.25) is 10.0 Å². The van der Waals surface area contributed by atoms with Gasteiger partial charge in [0.15, 0.2) is 6.61 Å². The number of benzene rings is 3. The van der Waals surface area contributed by atoms with Crippen molar-refractivity contribution in [2.24, 2.45) is 0 Å². The van der Waals surface area contributed by atoms with Gasteiger partial charge in [-0.3, -0.25) is 9.59 Å². The molecule has 0 saturated carbocycles.